The Kier molecular flexibility index (Phi) is 5.61. The van der Waals surface area contributed by atoms with Gasteiger partial charge in [-0.2, -0.15) is 0 Å². The summed E-state index contributed by atoms with van der Waals surface area (Å²) in [5.74, 6) is 1.15. The fourth-order valence-electron chi connectivity index (χ4n) is 3.81. The number of methoxy groups -OCH3 is 1. The van der Waals surface area contributed by atoms with Gasteiger partial charge in [0.25, 0.3) is 0 Å². The van der Waals surface area contributed by atoms with Crippen LogP contribution in [0.3, 0.4) is 0 Å². The van der Waals surface area contributed by atoms with E-state index in [1.165, 1.54) is 7.11 Å². The van der Waals surface area contributed by atoms with E-state index in [2.05, 4.69) is 43.6 Å². The molecule has 8 heteroatoms. The second kappa shape index (κ2) is 8.16. The number of anilines is 1. The Morgan fingerprint density at radius 2 is 2.03 bits per heavy atom. The van der Waals surface area contributed by atoms with Gasteiger partial charge in [-0.15, -0.1) is 10.2 Å². The first kappa shape index (κ1) is 19.9. The number of aromatic nitrogens is 3. The molecule has 150 valence electrons. The molecule has 3 aromatic rings. The third kappa shape index (κ3) is 4.02. The SMILES string of the molecule is COC(=O)CC1CC(Nc2ccc(Cl)cc2)c2cc(Br)ccc2-n2c(C)nnc21. The van der Waals surface area contributed by atoms with Crippen LogP contribution in [0.5, 0.6) is 0 Å². The van der Waals surface area contributed by atoms with Gasteiger partial charge >= 0.3 is 5.97 Å². The van der Waals surface area contributed by atoms with Crippen molar-refractivity contribution in [2.24, 2.45) is 0 Å². The van der Waals surface area contributed by atoms with Crippen molar-refractivity contribution in [1.82, 2.24) is 14.8 Å². The van der Waals surface area contributed by atoms with Gasteiger partial charge in [0.2, 0.25) is 0 Å². The van der Waals surface area contributed by atoms with Crippen molar-refractivity contribution >= 4 is 39.2 Å². The molecular formula is C21H20BrClN4O2. The fraction of sp³-hybridized carbons (Fsp3) is 0.286. The zero-order valence-corrected chi connectivity index (χ0v) is 18.4. The number of hydrogen-bond acceptors (Lipinski definition) is 5. The lowest BCUT2D eigenvalue weighted by molar-refractivity contribution is -0.141. The Morgan fingerprint density at radius 3 is 2.76 bits per heavy atom. The number of aryl methyl sites for hydroxylation is 1. The molecule has 0 saturated carbocycles. The van der Waals surface area contributed by atoms with Crippen LogP contribution in [0.4, 0.5) is 5.69 Å². The predicted molar refractivity (Wildman–Crippen MR) is 116 cm³/mol. The van der Waals surface area contributed by atoms with Gasteiger partial charge in [0.1, 0.15) is 11.6 Å². The summed E-state index contributed by atoms with van der Waals surface area (Å²) in [5, 5.41) is 13.0. The van der Waals surface area contributed by atoms with Gasteiger partial charge in [-0.3, -0.25) is 9.36 Å². The molecule has 1 aromatic heterocycles. The van der Waals surface area contributed by atoms with Crippen molar-refractivity contribution in [3.63, 3.8) is 0 Å². The van der Waals surface area contributed by atoms with Gasteiger partial charge in [-0.05, 0) is 61.4 Å². The van der Waals surface area contributed by atoms with E-state index in [0.29, 0.717) is 11.4 Å². The number of carbonyl (C=O) groups is 1. The summed E-state index contributed by atoms with van der Waals surface area (Å²) in [6, 6.07) is 13.7. The Bertz CT molecular complexity index is 1050. The fourth-order valence-corrected chi connectivity index (χ4v) is 4.31. The van der Waals surface area contributed by atoms with Crippen LogP contribution >= 0.6 is 27.5 Å². The van der Waals surface area contributed by atoms with Crippen LogP contribution in [0.15, 0.2) is 46.9 Å². The first-order valence-electron chi connectivity index (χ1n) is 9.27. The van der Waals surface area contributed by atoms with Gasteiger partial charge in [0, 0.05) is 21.1 Å². The van der Waals surface area contributed by atoms with Crippen LogP contribution in [-0.2, 0) is 9.53 Å². The first-order valence-corrected chi connectivity index (χ1v) is 10.4. The number of rotatable bonds is 4. The van der Waals surface area contributed by atoms with E-state index >= 15 is 0 Å². The Balaban J connectivity index is 1.82. The highest BCUT2D eigenvalue weighted by molar-refractivity contribution is 9.10. The van der Waals surface area contributed by atoms with Crippen molar-refractivity contribution in [3.05, 3.63) is 69.2 Å². The normalized spacial score (nSPS) is 17.8. The summed E-state index contributed by atoms with van der Waals surface area (Å²) in [6.07, 6.45) is 0.905. The predicted octanol–water partition coefficient (Wildman–Crippen LogP) is 5.20. The third-order valence-electron chi connectivity index (χ3n) is 5.17. The largest absolute Gasteiger partial charge is 0.469 e. The van der Waals surface area contributed by atoms with Gasteiger partial charge in [-0.25, -0.2) is 0 Å². The molecule has 2 atom stereocenters. The minimum Gasteiger partial charge on any atom is -0.469 e. The van der Waals surface area contributed by atoms with Gasteiger partial charge in [-0.1, -0.05) is 27.5 Å². The molecule has 0 aliphatic carbocycles. The highest BCUT2D eigenvalue weighted by atomic mass is 79.9. The zero-order chi connectivity index (χ0) is 20.5. The summed E-state index contributed by atoms with van der Waals surface area (Å²) >= 11 is 9.63. The van der Waals surface area contributed by atoms with E-state index in [0.717, 1.165) is 33.1 Å². The smallest absolute Gasteiger partial charge is 0.306 e. The highest BCUT2D eigenvalue weighted by Crippen LogP contribution is 2.41. The molecule has 29 heavy (non-hydrogen) atoms. The average molecular weight is 476 g/mol. The number of nitrogens with one attached hydrogen (secondary N) is 1. The maximum Gasteiger partial charge on any atom is 0.306 e. The molecule has 0 saturated heterocycles. The molecule has 0 amide bonds. The standard InChI is InChI=1S/C21H20BrClN4O2/c1-12-25-26-21-13(10-20(28)29-2)9-18(24-16-6-4-15(23)5-7-16)17-11-14(22)3-8-19(17)27(12)21/h3-8,11,13,18,24H,9-10H2,1-2H3. The van der Waals surface area contributed by atoms with Crippen LogP contribution in [0.2, 0.25) is 5.02 Å². The molecule has 4 rings (SSSR count). The topological polar surface area (TPSA) is 69.0 Å². The van der Waals surface area contributed by atoms with Crippen LogP contribution in [0.1, 0.15) is 42.0 Å². The second-order valence-corrected chi connectivity index (χ2v) is 8.41. The number of ether oxygens (including phenoxy) is 1. The van der Waals surface area contributed by atoms with Crippen LogP contribution < -0.4 is 5.32 Å². The number of hydrogen-bond donors (Lipinski definition) is 1. The molecular weight excluding hydrogens is 456 g/mol. The molecule has 0 bridgehead atoms. The summed E-state index contributed by atoms with van der Waals surface area (Å²) in [6.45, 7) is 1.92. The number of fused-ring (bicyclic) bond motifs is 3. The van der Waals surface area contributed by atoms with E-state index in [1.807, 2.05) is 41.8 Å². The van der Waals surface area contributed by atoms with E-state index in [9.17, 15) is 4.79 Å². The number of nitrogens with zero attached hydrogens (tertiary/aromatic N) is 3. The van der Waals surface area contributed by atoms with E-state index in [-0.39, 0.29) is 24.3 Å². The summed E-state index contributed by atoms with van der Waals surface area (Å²) in [4.78, 5) is 12.1. The summed E-state index contributed by atoms with van der Waals surface area (Å²) < 4.78 is 7.96. The Hall–Kier alpha value is -2.38. The van der Waals surface area contributed by atoms with E-state index in [1.54, 1.807) is 0 Å². The van der Waals surface area contributed by atoms with E-state index < -0.39 is 0 Å². The molecule has 2 unspecified atom stereocenters. The number of carbonyl (C=O) groups excluding carboxylic acids is 1. The molecule has 1 N–H and O–H groups in total. The lowest BCUT2D eigenvalue weighted by Crippen LogP contribution is -2.17. The van der Waals surface area contributed by atoms with Crippen molar-refractivity contribution < 1.29 is 9.53 Å². The van der Waals surface area contributed by atoms with Crippen LogP contribution in [0.25, 0.3) is 5.69 Å². The lowest BCUT2D eigenvalue weighted by Gasteiger charge is -2.23. The molecule has 1 aliphatic heterocycles. The summed E-state index contributed by atoms with van der Waals surface area (Å²) in [5.41, 5.74) is 3.06. The maximum absolute atomic E-state index is 12.1. The minimum atomic E-state index is -0.264. The van der Waals surface area contributed by atoms with Gasteiger partial charge in [0.15, 0.2) is 0 Å². The monoisotopic (exact) mass is 474 g/mol. The summed E-state index contributed by atoms with van der Waals surface area (Å²) in [7, 11) is 1.41. The molecule has 0 spiro atoms. The quantitative estimate of drug-likeness (QED) is 0.526. The van der Waals surface area contributed by atoms with E-state index in [4.69, 9.17) is 16.3 Å². The highest BCUT2D eigenvalue weighted by Gasteiger charge is 2.33. The molecule has 2 heterocycles. The number of benzene rings is 2. The molecule has 1 aliphatic rings. The lowest BCUT2D eigenvalue weighted by atomic mass is 9.92. The average Bonchev–Trinajstić information content (AvgIpc) is 3.04. The molecule has 6 nitrogen and oxygen atoms in total. The Morgan fingerprint density at radius 1 is 1.28 bits per heavy atom. The third-order valence-corrected chi connectivity index (χ3v) is 5.91. The van der Waals surface area contributed by atoms with Crippen molar-refractivity contribution in [2.75, 3.05) is 12.4 Å². The number of esters is 1. The van der Waals surface area contributed by atoms with Gasteiger partial charge in [0.05, 0.1) is 25.3 Å². The zero-order valence-electron chi connectivity index (χ0n) is 16.0. The van der Waals surface area contributed by atoms with Gasteiger partial charge < -0.3 is 10.1 Å². The number of halogens is 2. The Labute approximate surface area is 182 Å². The van der Waals surface area contributed by atoms with Crippen molar-refractivity contribution in [3.8, 4) is 5.69 Å². The minimum absolute atomic E-state index is 0.0422. The molecule has 0 radical (unpaired) electrons. The molecule has 0 fully saturated rings. The van der Waals surface area contributed by atoms with Crippen molar-refractivity contribution in [1.29, 1.82) is 0 Å². The molecule has 2 aromatic carbocycles. The maximum atomic E-state index is 12.1. The van der Waals surface area contributed by atoms with Crippen molar-refractivity contribution in [2.45, 2.75) is 31.7 Å². The van der Waals surface area contributed by atoms with Crippen LogP contribution in [0, 0.1) is 6.92 Å². The van der Waals surface area contributed by atoms with Crippen LogP contribution in [-0.4, -0.2) is 27.8 Å². The first-order chi connectivity index (χ1) is 14.0. The second-order valence-electron chi connectivity index (χ2n) is 7.06.